The van der Waals surface area contributed by atoms with Crippen LogP contribution in [0.1, 0.15) is 69.5 Å². The number of carbonyl (C=O) groups excluding carboxylic acids is 3. The minimum Gasteiger partial charge on any atom is -0.326 e. The number of nitrogens with zero attached hydrogens (tertiary/aromatic N) is 4. The number of rotatable bonds is 7. The molecule has 1 saturated heterocycles. The highest BCUT2D eigenvalue weighted by atomic mass is 79.9. The molecule has 1 unspecified atom stereocenters. The van der Waals surface area contributed by atoms with E-state index in [9.17, 15) is 19.6 Å². The maximum Gasteiger partial charge on any atom is 0.257 e. The molecule has 9 heteroatoms. The van der Waals surface area contributed by atoms with Crippen LogP contribution >= 0.6 is 27.7 Å². The highest BCUT2D eigenvalue weighted by Crippen LogP contribution is 2.33. The van der Waals surface area contributed by atoms with E-state index in [1.54, 1.807) is 35.2 Å². The fourth-order valence-electron chi connectivity index (χ4n) is 4.86. The van der Waals surface area contributed by atoms with Gasteiger partial charge < -0.3 is 4.90 Å². The molecule has 1 aliphatic carbocycles. The minimum atomic E-state index is -0.817. The predicted molar refractivity (Wildman–Crippen MR) is 143 cm³/mol. The smallest absolute Gasteiger partial charge is 0.257 e. The molecular formula is C27H29BrN4O3S. The van der Waals surface area contributed by atoms with Gasteiger partial charge in [0.2, 0.25) is 11.8 Å². The van der Waals surface area contributed by atoms with Crippen molar-refractivity contribution >= 4 is 51.1 Å². The summed E-state index contributed by atoms with van der Waals surface area (Å²) in [5.41, 5.74) is 1.79. The van der Waals surface area contributed by atoms with E-state index in [0.29, 0.717) is 16.3 Å². The number of hydrogen-bond donors (Lipinski definition) is 0. The summed E-state index contributed by atoms with van der Waals surface area (Å²) in [5, 5.41) is 10.0. The van der Waals surface area contributed by atoms with Gasteiger partial charge in [0.05, 0.1) is 23.4 Å². The summed E-state index contributed by atoms with van der Waals surface area (Å²) in [6.07, 6.45) is 4.70. The van der Waals surface area contributed by atoms with Crippen LogP contribution in [0.5, 0.6) is 0 Å². The molecule has 1 atom stereocenters. The van der Waals surface area contributed by atoms with E-state index < -0.39 is 6.04 Å². The van der Waals surface area contributed by atoms with Crippen molar-refractivity contribution in [3.05, 3.63) is 52.1 Å². The molecule has 3 amide bonds. The van der Waals surface area contributed by atoms with E-state index in [1.165, 1.54) is 16.7 Å². The fraction of sp³-hybridized carbons (Fsp3) is 0.444. The molecule has 7 nitrogen and oxygen atoms in total. The van der Waals surface area contributed by atoms with Gasteiger partial charge in [0.15, 0.2) is 0 Å². The van der Waals surface area contributed by atoms with Crippen LogP contribution in [0.2, 0.25) is 0 Å². The van der Waals surface area contributed by atoms with Crippen LogP contribution in [0.15, 0.2) is 45.9 Å². The Kier molecular flexibility index (Phi) is 8.47. The van der Waals surface area contributed by atoms with Gasteiger partial charge in [0, 0.05) is 16.2 Å². The summed E-state index contributed by atoms with van der Waals surface area (Å²) in [4.78, 5) is 47.6. The number of amides is 3. The number of thioether (sulfide) groups is 1. The number of halogens is 1. The van der Waals surface area contributed by atoms with Crippen LogP contribution in [-0.2, 0) is 14.4 Å². The number of pyridine rings is 1. The Hall–Kier alpha value is -2.70. The van der Waals surface area contributed by atoms with E-state index in [-0.39, 0.29) is 41.9 Å². The number of nitriles is 1. The van der Waals surface area contributed by atoms with Crippen LogP contribution in [-0.4, -0.2) is 45.4 Å². The van der Waals surface area contributed by atoms with Gasteiger partial charge >= 0.3 is 0 Å². The van der Waals surface area contributed by atoms with Crippen LogP contribution in [0, 0.1) is 11.3 Å². The molecular weight excluding hydrogens is 540 g/mol. The first-order chi connectivity index (χ1) is 17.3. The van der Waals surface area contributed by atoms with Gasteiger partial charge in [-0.05, 0) is 55.2 Å². The molecule has 0 spiro atoms. The molecule has 2 fully saturated rings. The molecule has 2 aromatic rings. The molecule has 0 bridgehead atoms. The van der Waals surface area contributed by atoms with Gasteiger partial charge in [-0.25, -0.2) is 9.88 Å². The molecule has 1 saturated carbocycles. The summed E-state index contributed by atoms with van der Waals surface area (Å²) >= 11 is 4.60. The van der Waals surface area contributed by atoms with Crippen molar-refractivity contribution in [2.75, 3.05) is 10.7 Å². The zero-order valence-corrected chi connectivity index (χ0v) is 22.8. The summed E-state index contributed by atoms with van der Waals surface area (Å²) in [6.45, 7) is 4.05. The molecule has 188 valence electrons. The summed E-state index contributed by atoms with van der Waals surface area (Å²) in [6, 6.07) is 11.9. The molecule has 2 heterocycles. The minimum absolute atomic E-state index is 0.0215. The topological polar surface area (TPSA) is 94.4 Å². The lowest BCUT2D eigenvalue weighted by atomic mass is 9.92. The Morgan fingerprint density at radius 2 is 1.86 bits per heavy atom. The monoisotopic (exact) mass is 568 g/mol. The Bertz CT molecular complexity index is 1190. The molecule has 4 rings (SSSR count). The standard InChI is InChI=1S/C27H29BrN4O3S/c1-17(2)22-13-8-18(15-29)26(30-22)36-16-25(34)31(20-6-4-3-5-7-20)23-14-24(33)32(27(23)35)21-11-9-19(28)10-12-21/h8-13,17,20,23H,3-7,14,16H2,1-2H3. The zero-order valence-electron chi connectivity index (χ0n) is 20.4. The van der Waals surface area contributed by atoms with Crippen LogP contribution in [0.25, 0.3) is 0 Å². The molecule has 1 aromatic carbocycles. The first-order valence-electron chi connectivity index (χ1n) is 12.3. The number of aromatic nitrogens is 1. The summed E-state index contributed by atoms with van der Waals surface area (Å²) in [7, 11) is 0. The highest BCUT2D eigenvalue weighted by molar-refractivity contribution is 9.10. The van der Waals surface area contributed by atoms with E-state index in [2.05, 4.69) is 27.0 Å². The predicted octanol–water partition coefficient (Wildman–Crippen LogP) is 5.42. The van der Waals surface area contributed by atoms with E-state index in [4.69, 9.17) is 0 Å². The second kappa shape index (κ2) is 11.6. The lowest BCUT2D eigenvalue weighted by molar-refractivity contribution is -0.139. The van der Waals surface area contributed by atoms with Crippen molar-refractivity contribution in [1.82, 2.24) is 9.88 Å². The van der Waals surface area contributed by atoms with Crippen LogP contribution < -0.4 is 4.90 Å². The van der Waals surface area contributed by atoms with Crippen molar-refractivity contribution in [1.29, 1.82) is 5.26 Å². The van der Waals surface area contributed by atoms with Gasteiger partial charge in [-0.15, -0.1) is 0 Å². The molecule has 1 aromatic heterocycles. The first kappa shape index (κ1) is 26.4. The van der Waals surface area contributed by atoms with Crippen molar-refractivity contribution in [2.45, 2.75) is 75.4 Å². The second-order valence-corrected chi connectivity index (χ2v) is 11.4. The maximum atomic E-state index is 13.7. The van der Waals surface area contributed by atoms with Gasteiger partial charge in [0.25, 0.3) is 5.91 Å². The van der Waals surface area contributed by atoms with Crippen LogP contribution in [0.4, 0.5) is 5.69 Å². The molecule has 2 aliphatic rings. The number of benzene rings is 1. The van der Waals surface area contributed by atoms with Gasteiger partial charge in [-0.3, -0.25) is 14.4 Å². The Morgan fingerprint density at radius 1 is 1.17 bits per heavy atom. The van der Waals surface area contributed by atoms with Crippen molar-refractivity contribution in [3.8, 4) is 6.07 Å². The van der Waals surface area contributed by atoms with Crippen LogP contribution in [0.3, 0.4) is 0 Å². The van der Waals surface area contributed by atoms with Gasteiger partial charge in [-0.2, -0.15) is 5.26 Å². The molecule has 0 N–H and O–H groups in total. The lowest BCUT2D eigenvalue weighted by Crippen LogP contribution is -2.52. The third-order valence-corrected chi connectivity index (χ3v) is 8.23. The van der Waals surface area contributed by atoms with E-state index in [1.807, 2.05) is 19.9 Å². The average molecular weight is 570 g/mol. The second-order valence-electron chi connectivity index (χ2n) is 9.50. The number of imide groups is 1. The zero-order chi connectivity index (χ0) is 25.8. The van der Waals surface area contributed by atoms with E-state index in [0.717, 1.165) is 42.3 Å². The summed E-state index contributed by atoms with van der Waals surface area (Å²) < 4.78 is 0.852. The third kappa shape index (κ3) is 5.65. The Morgan fingerprint density at radius 3 is 2.50 bits per heavy atom. The lowest BCUT2D eigenvalue weighted by Gasteiger charge is -2.37. The van der Waals surface area contributed by atoms with Crippen molar-refractivity contribution in [3.63, 3.8) is 0 Å². The average Bonchev–Trinajstić information content (AvgIpc) is 3.17. The largest absolute Gasteiger partial charge is 0.326 e. The summed E-state index contributed by atoms with van der Waals surface area (Å²) in [5.74, 6) is -0.610. The molecule has 1 aliphatic heterocycles. The Balaban J connectivity index is 1.58. The normalized spacial score (nSPS) is 18.5. The van der Waals surface area contributed by atoms with Gasteiger partial charge in [-0.1, -0.05) is 60.8 Å². The Labute approximate surface area is 224 Å². The quantitative estimate of drug-likeness (QED) is 0.326. The fourth-order valence-corrected chi connectivity index (χ4v) is 5.97. The number of carbonyl (C=O) groups is 3. The first-order valence-corrected chi connectivity index (χ1v) is 14.1. The van der Waals surface area contributed by atoms with Crippen molar-refractivity contribution < 1.29 is 14.4 Å². The SMILES string of the molecule is CC(C)c1ccc(C#N)c(SCC(=O)N(C2CCCCC2)C2CC(=O)N(c3ccc(Br)cc3)C2=O)n1. The van der Waals surface area contributed by atoms with Crippen molar-refractivity contribution in [2.24, 2.45) is 0 Å². The number of anilines is 1. The van der Waals surface area contributed by atoms with Gasteiger partial charge in [0.1, 0.15) is 17.1 Å². The molecule has 0 radical (unpaired) electrons. The number of hydrogen-bond acceptors (Lipinski definition) is 6. The van der Waals surface area contributed by atoms with E-state index >= 15 is 0 Å². The highest BCUT2D eigenvalue weighted by Gasteiger charge is 2.46. The maximum absolute atomic E-state index is 13.7. The molecule has 36 heavy (non-hydrogen) atoms. The third-order valence-electron chi connectivity index (χ3n) is 6.73.